The van der Waals surface area contributed by atoms with Crippen LogP contribution in [0.25, 0.3) is 0 Å². The van der Waals surface area contributed by atoms with Gasteiger partial charge in [0, 0.05) is 25.9 Å². The largest absolute Gasteiger partial charge is 0.343 e. The first kappa shape index (κ1) is 17.1. The molecule has 0 saturated heterocycles. The summed E-state index contributed by atoms with van der Waals surface area (Å²) >= 11 is 0. The van der Waals surface area contributed by atoms with E-state index in [9.17, 15) is 9.59 Å². The molecule has 0 rings (SSSR count). The van der Waals surface area contributed by atoms with Crippen LogP contribution in [0.2, 0.25) is 0 Å². The molecule has 0 saturated carbocycles. The molecule has 0 aromatic carbocycles. The number of carbonyl (C=O) groups excluding carboxylic acids is 2. The lowest BCUT2D eigenvalue weighted by Crippen LogP contribution is -2.30. The van der Waals surface area contributed by atoms with Gasteiger partial charge in [0.05, 0.1) is 0 Å². The lowest BCUT2D eigenvalue weighted by Gasteiger charge is -2.18. The predicted molar refractivity (Wildman–Crippen MR) is 75.5 cm³/mol. The molecule has 0 heterocycles. The minimum atomic E-state index is 0.288. The number of hydrogen-bond acceptors (Lipinski definition) is 2. The monoisotopic (exact) mass is 255 g/mol. The maximum absolute atomic E-state index is 11.7. The van der Waals surface area contributed by atoms with Gasteiger partial charge in [0.2, 0.25) is 5.91 Å². The zero-order valence-corrected chi connectivity index (χ0v) is 12.3. The van der Waals surface area contributed by atoms with Crippen LogP contribution in [-0.2, 0) is 9.59 Å². The Morgan fingerprint density at radius 1 is 0.778 bits per heavy atom. The molecule has 0 aliphatic rings. The highest BCUT2D eigenvalue weighted by atomic mass is 16.2. The molecule has 0 aliphatic heterocycles. The Morgan fingerprint density at radius 3 is 1.67 bits per heavy atom. The Bertz CT molecular complexity index is 235. The van der Waals surface area contributed by atoms with Crippen molar-refractivity contribution in [3.63, 3.8) is 0 Å². The summed E-state index contributed by atoms with van der Waals surface area (Å²) in [6.45, 7) is 7.34. The third-order valence-corrected chi connectivity index (χ3v) is 3.29. The molecular weight excluding hydrogens is 226 g/mol. The molecule has 18 heavy (non-hydrogen) atoms. The Balaban J connectivity index is 3.35. The van der Waals surface area contributed by atoms with Crippen molar-refractivity contribution in [2.24, 2.45) is 0 Å². The van der Waals surface area contributed by atoms with Gasteiger partial charge in [-0.3, -0.25) is 4.79 Å². The van der Waals surface area contributed by atoms with E-state index < -0.39 is 0 Å². The smallest absolute Gasteiger partial charge is 0.222 e. The van der Waals surface area contributed by atoms with Crippen molar-refractivity contribution >= 4 is 11.7 Å². The fraction of sp³-hybridized carbons (Fsp3) is 0.867. The summed E-state index contributed by atoms with van der Waals surface area (Å²) in [5.41, 5.74) is 0. The molecule has 0 atom stereocenters. The van der Waals surface area contributed by atoms with E-state index in [0.29, 0.717) is 12.2 Å². The molecule has 106 valence electrons. The maximum atomic E-state index is 11.7. The van der Waals surface area contributed by atoms with Crippen LogP contribution >= 0.6 is 0 Å². The minimum Gasteiger partial charge on any atom is -0.343 e. The van der Waals surface area contributed by atoms with Crippen LogP contribution in [0.4, 0.5) is 0 Å². The van der Waals surface area contributed by atoms with Crippen LogP contribution in [0.3, 0.4) is 0 Å². The Labute approximate surface area is 112 Å². The van der Waals surface area contributed by atoms with Crippen molar-refractivity contribution in [1.82, 2.24) is 4.90 Å². The lowest BCUT2D eigenvalue weighted by atomic mass is 10.1. The molecule has 3 heteroatoms. The molecule has 0 spiro atoms. The molecule has 0 unspecified atom stereocenters. The molecule has 0 aromatic rings. The van der Waals surface area contributed by atoms with Gasteiger partial charge in [-0.25, -0.2) is 0 Å². The molecule has 0 bridgehead atoms. The summed E-state index contributed by atoms with van der Waals surface area (Å²) in [4.78, 5) is 24.3. The fourth-order valence-electron chi connectivity index (χ4n) is 2.09. The zero-order chi connectivity index (χ0) is 13.8. The van der Waals surface area contributed by atoms with Crippen LogP contribution in [0.5, 0.6) is 0 Å². The maximum Gasteiger partial charge on any atom is 0.222 e. The van der Waals surface area contributed by atoms with Gasteiger partial charge in [0.15, 0.2) is 0 Å². The summed E-state index contributed by atoms with van der Waals surface area (Å²) in [6, 6.07) is 0. The van der Waals surface area contributed by atoms with E-state index in [4.69, 9.17) is 0 Å². The van der Waals surface area contributed by atoms with E-state index in [1.165, 1.54) is 12.8 Å². The topological polar surface area (TPSA) is 37.4 Å². The SMILES string of the molecule is CCN(CC)C(=O)CCCCCCCCC(C)=O. The predicted octanol–water partition coefficient (Wildman–Crippen LogP) is 3.56. The van der Waals surface area contributed by atoms with Gasteiger partial charge >= 0.3 is 0 Å². The zero-order valence-electron chi connectivity index (χ0n) is 12.3. The first-order chi connectivity index (χ1) is 8.61. The third kappa shape index (κ3) is 9.20. The van der Waals surface area contributed by atoms with Crippen molar-refractivity contribution in [3.8, 4) is 0 Å². The second-order valence-electron chi connectivity index (χ2n) is 4.89. The summed E-state index contributed by atoms with van der Waals surface area (Å²) in [7, 11) is 0. The van der Waals surface area contributed by atoms with Crippen LogP contribution in [0.1, 0.15) is 72.1 Å². The molecule has 3 nitrogen and oxygen atoms in total. The van der Waals surface area contributed by atoms with Crippen LogP contribution in [0.15, 0.2) is 0 Å². The second-order valence-corrected chi connectivity index (χ2v) is 4.89. The molecule has 1 amide bonds. The number of Topliss-reactive ketones (excluding diaryl/α,β-unsaturated/α-hetero) is 1. The van der Waals surface area contributed by atoms with E-state index in [2.05, 4.69) is 0 Å². The number of unbranched alkanes of at least 4 members (excludes halogenated alkanes) is 5. The van der Waals surface area contributed by atoms with Crippen LogP contribution < -0.4 is 0 Å². The highest BCUT2D eigenvalue weighted by Crippen LogP contribution is 2.09. The normalized spacial score (nSPS) is 10.4. The number of amides is 1. The number of carbonyl (C=O) groups is 2. The van der Waals surface area contributed by atoms with E-state index >= 15 is 0 Å². The molecule has 0 radical (unpaired) electrons. The highest BCUT2D eigenvalue weighted by Gasteiger charge is 2.07. The fourth-order valence-corrected chi connectivity index (χ4v) is 2.09. The molecule has 0 N–H and O–H groups in total. The number of rotatable bonds is 11. The van der Waals surface area contributed by atoms with Gasteiger partial charge in [0.25, 0.3) is 0 Å². The molecular formula is C15H29NO2. The van der Waals surface area contributed by atoms with E-state index in [0.717, 1.165) is 45.2 Å². The number of hydrogen-bond donors (Lipinski definition) is 0. The lowest BCUT2D eigenvalue weighted by molar-refractivity contribution is -0.131. The molecule has 0 aromatic heterocycles. The van der Waals surface area contributed by atoms with Gasteiger partial charge in [-0.1, -0.05) is 25.7 Å². The summed E-state index contributed by atoms with van der Waals surface area (Å²) in [6.07, 6.45) is 8.08. The summed E-state index contributed by atoms with van der Waals surface area (Å²) in [5.74, 6) is 0.580. The minimum absolute atomic E-state index is 0.288. The Kier molecular flexibility index (Phi) is 10.7. The van der Waals surface area contributed by atoms with Crippen molar-refractivity contribution in [2.45, 2.75) is 72.1 Å². The third-order valence-electron chi connectivity index (χ3n) is 3.29. The second kappa shape index (κ2) is 11.2. The Hall–Kier alpha value is -0.860. The van der Waals surface area contributed by atoms with E-state index in [1.54, 1.807) is 6.92 Å². The molecule has 0 aliphatic carbocycles. The van der Waals surface area contributed by atoms with Gasteiger partial charge in [-0.15, -0.1) is 0 Å². The van der Waals surface area contributed by atoms with Crippen molar-refractivity contribution < 1.29 is 9.59 Å². The molecule has 0 fully saturated rings. The average molecular weight is 255 g/mol. The van der Waals surface area contributed by atoms with E-state index in [1.807, 2.05) is 18.7 Å². The number of nitrogens with zero attached hydrogens (tertiary/aromatic N) is 1. The first-order valence-electron chi connectivity index (χ1n) is 7.39. The Morgan fingerprint density at radius 2 is 1.22 bits per heavy atom. The average Bonchev–Trinajstić information content (AvgIpc) is 2.33. The van der Waals surface area contributed by atoms with Crippen molar-refractivity contribution in [1.29, 1.82) is 0 Å². The quantitative estimate of drug-likeness (QED) is 0.529. The van der Waals surface area contributed by atoms with Gasteiger partial charge in [0.1, 0.15) is 5.78 Å². The van der Waals surface area contributed by atoms with Gasteiger partial charge in [-0.05, 0) is 33.6 Å². The van der Waals surface area contributed by atoms with E-state index in [-0.39, 0.29) is 5.91 Å². The van der Waals surface area contributed by atoms with Crippen molar-refractivity contribution in [3.05, 3.63) is 0 Å². The number of ketones is 1. The highest BCUT2D eigenvalue weighted by molar-refractivity contribution is 5.76. The summed E-state index contributed by atoms with van der Waals surface area (Å²) < 4.78 is 0. The standard InChI is InChI=1S/C15H29NO2/c1-4-16(5-2)15(18)13-11-9-7-6-8-10-12-14(3)17/h4-13H2,1-3H3. The van der Waals surface area contributed by atoms with Crippen molar-refractivity contribution in [2.75, 3.05) is 13.1 Å². The van der Waals surface area contributed by atoms with Gasteiger partial charge in [-0.2, -0.15) is 0 Å². The van der Waals surface area contributed by atoms with Gasteiger partial charge < -0.3 is 9.69 Å². The summed E-state index contributed by atoms with van der Waals surface area (Å²) in [5, 5.41) is 0. The van der Waals surface area contributed by atoms with Crippen LogP contribution in [0, 0.1) is 0 Å². The van der Waals surface area contributed by atoms with Crippen LogP contribution in [-0.4, -0.2) is 29.7 Å². The first-order valence-corrected chi connectivity index (χ1v) is 7.39.